The number of amides is 2. The van der Waals surface area contributed by atoms with Crippen LogP contribution in [0.25, 0.3) is 0 Å². The molecule has 1 unspecified atom stereocenters. The van der Waals surface area contributed by atoms with Gasteiger partial charge in [0.1, 0.15) is 6.04 Å². The Hall–Kier alpha value is -2.62. The molecule has 2 aromatic carbocycles. The molecule has 1 atom stereocenters. The van der Waals surface area contributed by atoms with Crippen LogP contribution in [0.5, 0.6) is 0 Å². The van der Waals surface area contributed by atoms with Gasteiger partial charge in [-0.1, -0.05) is 42.0 Å². The lowest BCUT2D eigenvalue weighted by Gasteiger charge is -2.26. The van der Waals surface area contributed by atoms with Gasteiger partial charge in [-0.3, -0.25) is 9.59 Å². The van der Waals surface area contributed by atoms with Crippen molar-refractivity contribution >= 4 is 11.8 Å². The van der Waals surface area contributed by atoms with Gasteiger partial charge >= 0.3 is 0 Å². The second kappa shape index (κ2) is 6.43. The number of nitrogens with zero attached hydrogens (tertiary/aromatic N) is 1. The summed E-state index contributed by atoms with van der Waals surface area (Å²) < 4.78 is 0. The fourth-order valence-electron chi connectivity index (χ4n) is 2.30. The summed E-state index contributed by atoms with van der Waals surface area (Å²) in [6.07, 6.45) is 0. The normalized spacial score (nSPS) is 11.8. The molecular weight excluding hydrogens is 276 g/mol. The summed E-state index contributed by atoms with van der Waals surface area (Å²) in [6.45, 7) is 5.74. The number of rotatable bonds is 4. The Morgan fingerprint density at radius 2 is 1.59 bits per heavy atom. The Bertz CT molecular complexity index is 675. The fourth-order valence-corrected chi connectivity index (χ4v) is 2.30. The third-order valence-electron chi connectivity index (χ3n) is 3.57. The van der Waals surface area contributed by atoms with E-state index in [1.165, 1.54) is 4.90 Å². The van der Waals surface area contributed by atoms with Crippen molar-refractivity contribution in [2.24, 2.45) is 5.73 Å². The van der Waals surface area contributed by atoms with Crippen LogP contribution in [0.15, 0.2) is 48.5 Å². The van der Waals surface area contributed by atoms with Crippen LogP contribution < -0.4 is 5.73 Å². The van der Waals surface area contributed by atoms with Crippen molar-refractivity contribution < 1.29 is 9.59 Å². The molecule has 2 N–H and O–H groups in total. The maximum Gasteiger partial charge on any atom is 0.254 e. The molecule has 1 radical (unpaired) electrons. The average Bonchev–Trinajstić information content (AvgIpc) is 2.49. The summed E-state index contributed by atoms with van der Waals surface area (Å²) in [5, 5.41) is 0. The van der Waals surface area contributed by atoms with E-state index < -0.39 is 11.9 Å². The lowest BCUT2D eigenvalue weighted by Crippen LogP contribution is -2.39. The first kappa shape index (κ1) is 15.8. The van der Waals surface area contributed by atoms with Crippen molar-refractivity contribution in [2.45, 2.75) is 13.0 Å². The van der Waals surface area contributed by atoms with Gasteiger partial charge in [0.2, 0.25) is 5.91 Å². The monoisotopic (exact) mass is 295 g/mol. The van der Waals surface area contributed by atoms with Crippen molar-refractivity contribution in [1.29, 1.82) is 0 Å². The minimum atomic E-state index is -0.799. The van der Waals surface area contributed by atoms with Gasteiger partial charge in [0, 0.05) is 12.6 Å². The van der Waals surface area contributed by atoms with Crippen LogP contribution >= 0.6 is 0 Å². The van der Waals surface area contributed by atoms with Crippen molar-refractivity contribution in [3.63, 3.8) is 0 Å². The van der Waals surface area contributed by atoms with E-state index in [1.54, 1.807) is 31.3 Å². The Labute approximate surface area is 130 Å². The molecule has 0 fully saturated rings. The molecule has 4 nitrogen and oxygen atoms in total. The summed E-state index contributed by atoms with van der Waals surface area (Å²) in [7, 11) is 1.58. The highest BCUT2D eigenvalue weighted by Gasteiger charge is 2.27. The average molecular weight is 295 g/mol. The molecule has 2 rings (SSSR count). The molecule has 22 heavy (non-hydrogen) atoms. The van der Waals surface area contributed by atoms with E-state index in [9.17, 15) is 9.59 Å². The van der Waals surface area contributed by atoms with E-state index in [0.29, 0.717) is 11.1 Å². The van der Waals surface area contributed by atoms with Gasteiger partial charge < -0.3 is 10.6 Å². The summed E-state index contributed by atoms with van der Waals surface area (Å²) in [4.78, 5) is 25.7. The first-order valence-electron chi connectivity index (χ1n) is 6.95. The van der Waals surface area contributed by atoms with Gasteiger partial charge in [-0.15, -0.1) is 0 Å². The van der Waals surface area contributed by atoms with Gasteiger partial charge in [-0.2, -0.15) is 0 Å². The fraction of sp³-hybridized carbons (Fsp3) is 0.167. The predicted molar refractivity (Wildman–Crippen MR) is 86.1 cm³/mol. The Kier molecular flexibility index (Phi) is 4.61. The van der Waals surface area contributed by atoms with Crippen LogP contribution in [0, 0.1) is 13.8 Å². The molecule has 2 amide bonds. The van der Waals surface area contributed by atoms with Crippen LogP contribution in [-0.4, -0.2) is 23.8 Å². The molecule has 113 valence electrons. The number of nitrogens with two attached hydrogens (primary N) is 1. The number of carbonyl (C=O) groups excluding carboxylic acids is 2. The van der Waals surface area contributed by atoms with E-state index in [-0.39, 0.29) is 5.91 Å². The van der Waals surface area contributed by atoms with Gasteiger partial charge in [0.15, 0.2) is 0 Å². The summed E-state index contributed by atoms with van der Waals surface area (Å²) in [6, 6.07) is 13.5. The van der Waals surface area contributed by atoms with Crippen LogP contribution in [0.1, 0.15) is 33.1 Å². The molecule has 0 saturated carbocycles. The quantitative estimate of drug-likeness (QED) is 0.941. The predicted octanol–water partition coefficient (Wildman–Crippen LogP) is 2.48. The van der Waals surface area contributed by atoms with E-state index >= 15 is 0 Å². The maximum absolute atomic E-state index is 12.5. The molecule has 2 aromatic rings. The minimum absolute atomic E-state index is 0.260. The van der Waals surface area contributed by atoms with Gasteiger partial charge in [0.25, 0.3) is 5.91 Å². The smallest absolute Gasteiger partial charge is 0.254 e. The third-order valence-corrected chi connectivity index (χ3v) is 3.57. The zero-order valence-corrected chi connectivity index (χ0v) is 12.7. The van der Waals surface area contributed by atoms with E-state index in [0.717, 1.165) is 11.1 Å². The minimum Gasteiger partial charge on any atom is -0.368 e. The Balaban J connectivity index is 2.31. The molecular formula is C18H19N2O2. The number of likely N-dealkylation sites (N-methyl/N-ethyl adjacent to an activating group) is 1. The number of carbonyl (C=O) groups is 2. The summed E-state index contributed by atoms with van der Waals surface area (Å²) in [5.41, 5.74) is 8.59. The van der Waals surface area contributed by atoms with Gasteiger partial charge in [-0.25, -0.2) is 0 Å². The molecule has 0 aliphatic heterocycles. The molecule has 0 aliphatic rings. The van der Waals surface area contributed by atoms with E-state index in [1.807, 2.05) is 31.2 Å². The van der Waals surface area contributed by atoms with Crippen molar-refractivity contribution in [1.82, 2.24) is 4.90 Å². The second-order valence-electron chi connectivity index (χ2n) is 5.33. The van der Waals surface area contributed by atoms with Crippen molar-refractivity contribution in [3.05, 3.63) is 77.7 Å². The first-order valence-corrected chi connectivity index (χ1v) is 6.95. The number of primary amides is 1. The molecule has 0 aromatic heterocycles. The number of hydrogen-bond donors (Lipinski definition) is 1. The van der Waals surface area contributed by atoms with Gasteiger partial charge in [0.05, 0.1) is 0 Å². The molecule has 0 aliphatic carbocycles. The zero-order chi connectivity index (χ0) is 16.3. The highest BCUT2D eigenvalue weighted by molar-refractivity contribution is 5.97. The Morgan fingerprint density at radius 3 is 2.09 bits per heavy atom. The summed E-state index contributed by atoms with van der Waals surface area (Å²) >= 11 is 0. The van der Waals surface area contributed by atoms with Gasteiger partial charge in [-0.05, 0) is 37.1 Å². The first-order chi connectivity index (χ1) is 10.4. The maximum atomic E-state index is 12.5. The lowest BCUT2D eigenvalue weighted by molar-refractivity contribution is -0.122. The van der Waals surface area contributed by atoms with Crippen LogP contribution in [0.2, 0.25) is 0 Å². The van der Waals surface area contributed by atoms with Crippen LogP contribution in [0.3, 0.4) is 0 Å². The largest absolute Gasteiger partial charge is 0.368 e. The van der Waals surface area contributed by atoms with Crippen LogP contribution in [-0.2, 0) is 4.79 Å². The van der Waals surface area contributed by atoms with E-state index in [2.05, 4.69) is 6.92 Å². The number of benzene rings is 2. The number of aryl methyl sites for hydroxylation is 1. The van der Waals surface area contributed by atoms with E-state index in [4.69, 9.17) is 5.73 Å². The van der Waals surface area contributed by atoms with Crippen molar-refractivity contribution in [2.75, 3.05) is 7.05 Å². The zero-order valence-electron chi connectivity index (χ0n) is 12.7. The topological polar surface area (TPSA) is 63.4 Å². The van der Waals surface area contributed by atoms with Crippen LogP contribution in [0.4, 0.5) is 0 Å². The molecule has 0 bridgehead atoms. The third kappa shape index (κ3) is 3.34. The SMILES string of the molecule is [CH2]c1ccc(C(=O)N(C)C(C(N)=O)c2ccc(C)cc2)cc1. The Morgan fingerprint density at radius 1 is 1.05 bits per heavy atom. The highest BCUT2D eigenvalue weighted by Crippen LogP contribution is 2.21. The molecule has 0 heterocycles. The lowest BCUT2D eigenvalue weighted by atomic mass is 10.0. The number of hydrogen-bond acceptors (Lipinski definition) is 2. The molecule has 4 heteroatoms. The standard InChI is InChI=1S/C18H19N2O2/c1-12-4-8-14(9-5-12)16(17(19)21)20(3)18(22)15-10-6-13(2)7-11-15/h4-11,16H,2H2,1,3H3,(H2,19,21). The second-order valence-corrected chi connectivity index (χ2v) is 5.33. The summed E-state index contributed by atoms with van der Waals surface area (Å²) in [5.74, 6) is -0.821. The molecule has 0 spiro atoms. The molecule has 0 saturated heterocycles. The highest BCUT2D eigenvalue weighted by atomic mass is 16.2. The van der Waals surface area contributed by atoms with Crippen molar-refractivity contribution in [3.8, 4) is 0 Å².